The SMILES string of the molecule is Cc1c(CCN)c(F)cn2c(=O)c(C(=O)O)cc(C3CC3)c12. The number of fused-ring (bicyclic) bond motifs is 1. The monoisotopic (exact) mass is 304 g/mol. The van der Waals surface area contributed by atoms with Gasteiger partial charge in [0.15, 0.2) is 0 Å². The number of hydrogen-bond donors (Lipinski definition) is 2. The van der Waals surface area contributed by atoms with E-state index in [1.807, 2.05) is 0 Å². The summed E-state index contributed by atoms with van der Waals surface area (Å²) >= 11 is 0. The predicted octanol–water partition coefficient (Wildman–Crippen LogP) is 1.82. The van der Waals surface area contributed by atoms with Gasteiger partial charge in [-0.05, 0) is 61.4 Å². The van der Waals surface area contributed by atoms with Crippen LogP contribution in [-0.2, 0) is 6.42 Å². The van der Waals surface area contributed by atoms with E-state index >= 15 is 0 Å². The Morgan fingerprint density at radius 2 is 2.18 bits per heavy atom. The average Bonchev–Trinajstić information content (AvgIpc) is 3.28. The second kappa shape index (κ2) is 5.21. The molecule has 0 atom stereocenters. The Balaban J connectivity index is 2.44. The Morgan fingerprint density at radius 1 is 1.50 bits per heavy atom. The highest BCUT2D eigenvalue weighted by Gasteiger charge is 2.29. The summed E-state index contributed by atoms with van der Waals surface area (Å²) < 4.78 is 15.4. The normalized spacial score (nSPS) is 14.5. The highest BCUT2D eigenvalue weighted by Crippen LogP contribution is 2.43. The lowest BCUT2D eigenvalue weighted by atomic mass is 9.99. The van der Waals surface area contributed by atoms with E-state index in [4.69, 9.17) is 5.73 Å². The molecule has 2 aromatic rings. The maximum Gasteiger partial charge on any atom is 0.341 e. The third-order valence-corrected chi connectivity index (χ3v) is 4.24. The standard InChI is InChI=1S/C16H17FN2O3/c1-8-10(4-5-18)13(17)7-19-14(8)11(9-2-3-9)6-12(15(19)20)16(21)22/h6-7,9H,2-5,18H2,1H3,(H,21,22). The molecule has 22 heavy (non-hydrogen) atoms. The molecule has 116 valence electrons. The number of pyridine rings is 2. The molecule has 5 nitrogen and oxygen atoms in total. The predicted molar refractivity (Wildman–Crippen MR) is 80.1 cm³/mol. The molecule has 0 unspecified atom stereocenters. The van der Waals surface area contributed by atoms with Crippen molar-refractivity contribution in [2.24, 2.45) is 5.73 Å². The Hall–Kier alpha value is -2.21. The number of aryl methyl sites for hydroxylation is 1. The smallest absolute Gasteiger partial charge is 0.341 e. The van der Waals surface area contributed by atoms with Crippen LogP contribution in [0.5, 0.6) is 0 Å². The van der Waals surface area contributed by atoms with Gasteiger partial charge in [0.2, 0.25) is 0 Å². The number of aromatic nitrogens is 1. The molecule has 0 bridgehead atoms. The van der Waals surface area contributed by atoms with Gasteiger partial charge in [0.05, 0.1) is 5.52 Å². The Morgan fingerprint density at radius 3 is 2.73 bits per heavy atom. The van der Waals surface area contributed by atoms with Crippen molar-refractivity contribution in [1.82, 2.24) is 4.40 Å². The molecule has 0 spiro atoms. The molecule has 0 radical (unpaired) electrons. The molecule has 3 rings (SSSR count). The number of nitrogens with zero attached hydrogens (tertiary/aromatic N) is 1. The minimum atomic E-state index is -1.29. The van der Waals surface area contributed by atoms with E-state index in [9.17, 15) is 19.1 Å². The largest absolute Gasteiger partial charge is 0.477 e. The Bertz CT molecular complexity index is 838. The quantitative estimate of drug-likeness (QED) is 0.902. The molecule has 0 aromatic carbocycles. The van der Waals surface area contributed by atoms with Crippen molar-refractivity contribution in [3.63, 3.8) is 0 Å². The van der Waals surface area contributed by atoms with E-state index in [1.165, 1.54) is 6.07 Å². The first-order chi connectivity index (χ1) is 10.5. The van der Waals surface area contributed by atoms with E-state index < -0.39 is 17.3 Å². The number of halogens is 1. The number of rotatable bonds is 4. The molecule has 0 saturated heterocycles. The molecule has 2 aromatic heterocycles. The first-order valence-corrected chi connectivity index (χ1v) is 7.26. The fraction of sp³-hybridized carbons (Fsp3) is 0.375. The maximum absolute atomic E-state index is 14.3. The highest BCUT2D eigenvalue weighted by atomic mass is 19.1. The van der Waals surface area contributed by atoms with E-state index in [-0.39, 0.29) is 11.5 Å². The van der Waals surface area contributed by atoms with Gasteiger partial charge >= 0.3 is 5.97 Å². The summed E-state index contributed by atoms with van der Waals surface area (Å²) in [6.07, 6.45) is 3.38. The average molecular weight is 304 g/mol. The summed E-state index contributed by atoms with van der Waals surface area (Å²) in [4.78, 5) is 23.6. The Kier molecular flexibility index (Phi) is 3.48. The number of nitrogens with two attached hydrogens (primary N) is 1. The van der Waals surface area contributed by atoms with Crippen LogP contribution in [0.2, 0.25) is 0 Å². The highest BCUT2D eigenvalue weighted by molar-refractivity contribution is 5.88. The minimum absolute atomic E-state index is 0.239. The van der Waals surface area contributed by atoms with Gasteiger partial charge in [0.25, 0.3) is 5.56 Å². The van der Waals surface area contributed by atoms with E-state index in [0.717, 1.165) is 29.0 Å². The molecule has 1 aliphatic carbocycles. The van der Waals surface area contributed by atoms with Crippen molar-refractivity contribution < 1.29 is 14.3 Å². The topological polar surface area (TPSA) is 84.8 Å². The van der Waals surface area contributed by atoms with E-state index in [0.29, 0.717) is 29.6 Å². The van der Waals surface area contributed by atoms with Gasteiger partial charge in [-0.15, -0.1) is 0 Å². The van der Waals surface area contributed by atoms with Crippen LogP contribution in [0.3, 0.4) is 0 Å². The lowest BCUT2D eigenvalue weighted by Gasteiger charge is -2.15. The summed E-state index contributed by atoms with van der Waals surface area (Å²) in [5, 5.41) is 9.21. The van der Waals surface area contributed by atoms with Gasteiger partial charge in [0.1, 0.15) is 11.4 Å². The lowest BCUT2D eigenvalue weighted by Crippen LogP contribution is -2.24. The van der Waals surface area contributed by atoms with Crippen LogP contribution in [0.25, 0.3) is 5.52 Å². The first-order valence-electron chi connectivity index (χ1n) is 7.26. The van der Waals surface area contributed by atoms with Crippen LogP contribution < -0.4 is 11.3 Å². The van der Waals surface area contributed by atoms with Gasteiger partial charge in [-0.25, -0.2) is 9.18 Å². The van der Waals surface area contributed by atoms with Crippen molar-refractivity contribution in [2.45, 2.75) is 32.1 Å². The van der Waals surface area contributed by atoms with Gasteiger partial charge in [-0.3, -0.25) is 9.20 Å². The second-order valence-electron chi connectivity index (χ2n) is 5.74. The molecule has 1 fully saturated rings. The van der Waals surface area contributed by atoms with Gasteiger partial charge in [-0.2, -0.15) is 0 Å². The van der Waals surface area contributed by atoms with Crippen molar-refractivity contribution in [3.05, 3.63) is 50.7 Å². The lowest BCUT2D eigenvalue weighted by molar-refractivity contribution is 0.0694. The molecule has 1 aliphatic rings. The van der Waals surface area contributed by atoms with Crippen LogP contribution in [0.4, 0.5) is 4.39 Å². The zero-order valence-electron chi connectivity index (χ0n) is 12.2. The Labute approximate surface area is 126 Å². The first kappa shape index (κ1) is 14.7. The third-order valence-electron chi connectivity index (χ3n) is 4.24. The van der Waals surface area contributed by atoms with Crippen molar-refractivity contribution in [2.75, 3.05) is 6.54 Å². The number of carboxylic acids is 1. The third kappa shape index (κ3) is 2.20. The molecule has 0 amide bonds. The second-order valence-corrected chi connectivity index (χ2v) is 5.74. The molecular weight excluding hydrogens is 287 g/mol. The minimum Gasteiger partial charge on any atom is -0.477 e. The van der Waals surface area contributed by atoms with Crippen LogP contribution in [-0.4, -0.2) is 22.0 Å². The molecule has 3 N–H and O–H groups in total. The van der Waals surface area contributed by atoms with Crippen LogP contribution in [0, 0.1) is 12.7 Å². The van der Waals surface area contributed by atoms with Crippen molar-refractivity contribution in [1.29, 1.82) is 0 Å². The van der Waals surface area contributed by atoms with Crippen LogP contribution in [0.1, 0.15) is 45.8 Å². The summed E-state index contributed by atoms with van der Waals surface area (Å²) in [6.45, 7) is 2.07. The van der Waals surface area contributed by atoms with Gasteiger partial charge in [-0.1, -0.05) is 0 Å². The molecule has 1 saturated carbocycles. The number of hydrogen-bond acceptors (Lipinski definition) is 3. The van der Waals surface area contributed by atoms with Crippen LogP contribution >= 0.6 is 0 Å². The van der Waals surface area contributed by atoms with Crippen molar-refractivity contribution >= 4 is 11.5 Å². The van der Waals surface area contributed by atoms with Crippen molar-refractivity contribution in [3.8, 4) is 0 Å². The van der Waals surface area contributed by atoms with E-state index in [2.05, 4.69) is 0 Å². The fourth-order valence-corrected chi connectivity index (χ4v) is 3.00. The summed E-state index contributed by atoms with van der Waals surface area (Å²) in [5.41, 5.74) is 7.12. The summed E-state index contributed by atoms with van der Waals surface area (Å²) in [7, 11) is 0. The summed E-state index contributed by atoms with van der Waals surface area (Å²) in [6, 6.07) is 1.45. The van der Waals surface area contributed by atoms with E-state index in [1.54, 1.807) is 6.92 Å². The zero-order valence-corrected chi connectivity index (χ0v) is 12.2. The van der Waals surface area contributed by atoms with Gasteiger partial charge in [0, 0.05) is 6.20 Å². The molecule has 0 aliphatic heterocycles. The molecular formula is C16H17FN2O3. The maximum atomic E-state index is 14.3. The van der Waals surface area contributed by atoms with Crippen LogP contribution in [0.15, 0.2) is 17.1 Å². The fourth-order valence-electron chi connectivity index (χ4n) is 3.00. The number of carboxylic acid groups (broad SMARTS) is 1. The molecule has 2 heterocycles. The summed E-state index contributed by atoms with van der Waals surface area (Å²) in [5.74, 6) is -1.57. The van der Waals surface area contributed by atoms with Gasteiger partial charge < -0.3 is 10.8 Å². The number of carbonyl (C=O) groups is 1. The number of aromatic carboxylic acids is 1. The zero-order chi connectivity index (χ0) is 16.0. The molecule has 6 heteroatoms.